The molecular formula is C12H15N5O3S. The number of aromatic nitrogens is 3. The largest absolute Gasteiger partial charge is 0.479 e. The van der Waals surface area contributed by atoms with E-state index in [9.17, 15) is 14.7 Å². The van der Waals surface area contributed by atoms with E-state index in [1.807, 2.05) is 0 Å². The summed E-state index contributed by atoms with van der Waals surface area (Å²) in [6, 6.07) is 1.84. The molecule has 2 amide bonds. The van der Waals surface area contributed by atoms with Crippen LogP contribution >= 0.6 is 11.3 Å². The molecule has 3 N–H and O–H groups in total. The predicted octanol–water partition coefficient (Wildman–Crippen LogP) is 1.14. The normalized spacial score (nSPS) is 11.9. The molecule has 0 saturated carbocycles. The lowest BCUT2D eigenvalue weighted by molar-refractivity contribution is -0.139. The van der Waals surface area contributed by atoms with Crippen molar-refractivity contribution in [3.63, 3.8) is 0 Å². The highest BCUT2D eigenvalue weighted by Gasteiger charge is 2.24. The van der Waals surface area contributed by atoms with Gasteiger partial charge in [0, 0.05) is 11.9 Å². The number of carboxylic acids is 1. The van der Waals surface area contributed by atoms with Gasteiger partial charge in [0.1, 0.15) is 5.82 Å². The maximum Gasteiger partial charge on any atom is 0.331 e. The molecule has 0 saturated heterocycles. The zero-order valence-corrected chi connectivity index (χ0v) is 12.3. The molecule has 9 heteroatoms. The van der Waals surface area contributed by atoms with E-state index in [1.54, 1.807) is 31.5 Å². The van der Waals surface area contributed by atoms with Crippen molar-refractivity contribution in [3.8, 4) is 0 Å². The van der Waals surface area contributed by atoms with Crippen molar-refractivity contribution in [2.24, 2.45) is 0 Å². The van der Waals surface area contributed by atoms with Gasteiger partial charge in [-0.05, 0) is 18.4 Å². The number of hydrogen-bond acceptors (Lipinski definition) is 5. The molecule has 0 spiro atoms. The van der Waals surface area contributed by atoms with Crippen LogP contribution in [-0.4, -0.2) is 44.2 Å². The minimum absolute atomic E-state index is 0.187. The maximum absolute atomic E-state index is 12.1. The first-order valence-electron chi connectivity index (χ1n) is 6.13. The molecule has 2 heterocycles. The van der Waals surface area contributed by atoms with Gasteiger partial charge in [-0.2, -0.15) is 5.10 Å². The Kier molecular flexibility index (Phi) is 4.53. The van der Waals surface area contributed by atoms with Crippen molar-refractivity contribution in [1.29, 1.82) is 0 Å². The minimum Gasteiger partial charge on any atom is -0.479 e. The summed E-state index contributed by atoms with van der Waals surface area (Å²) in [7, 11) is 1.55. The Labute approximate surface area is 124 Å². The van der Waals surface area contributed by atoms with Crippen LogP contribution in [0.5, 0.6) is 0 Å². The second-order valence-electron chi connectivity index (χ2n) is 4.43. The molecule has 0 aliphatic carbocycles. The molecule has 0 aliphatic heterocycles. The Morgan fingerprint density at radius 2 is 2.33 bits per heavy atom. The van der Waals surface area contributed by atoms with E-state index in [0.717, 1.165) is 0 Å². The summed E-state index contributed by atoms with van der Waals surface area (Å²) in [4.78, 5) is 29.3. The summed E-state index contributed by atoms with van der Waals surface area (Å²) in [5.41, 5.74) is 0. The van der Waals surface area contributed by atoms with Crippen LogP contribution < -0.4 is 5.32 Å². The smallest absolute Gasteiger partial charge is 0.331 e. The van der Waals surface area contributed by atoms with E-state index < -0.39 is 18.0 Å². The van der Waals surface area contributed by atoms with Crippen LogP contribution in [0.2, 0.25) is 0 Å². The van der Waals surface area contributed by atoms with E-state index in [4.69, 9.17) is 0 Å². The number of carbonyl (C=O) groups is 2. The number of carbonyl (C=O) groups excluding carboxylic acids is 1. The molecule has 1 unspecified atom stereocenters. The highest BCUT2D eigenvalue weighted by molar-refractivity contribution is 7.10. The molecule has 2 aromatic rings. The molecule has 21 heavy (non-hydrogen) atoms. The fraction of sp³-hybridized carbons (Fsp3) is 0.333. The zero-order valence-electron chi connectivity index (χ0n) is 11.5. The van der Waals surface area contributed by atoms with Crippen LogP contribution in [-0.2, 0) is 11.3 Å². The molecule has 0 aliphatic rings. The Bertz CT molecular complexity index is 625. The van der Waals surface area contributed by atoms with Gasteiger partial charge in [0.25, 0.3) is 0 Å². The van der Waals surface area contributed by atoms with Crippen LogP contribution in [0.25, 0.3) is 0 Å². The predicted molar refractivity (Wildman–Crippen MR) is 75.8 cm³/mol. The van der Waals surface area contributed by atoms with Crippen LogP contribution in [0.4, 0.5) is 4.79 Å². The van der Waals surface area contributed by atoms with E-state index in [2.05, 4.69) is 20.5 Å². The van der Waals surface area contributed by atoms with E-state index in [1.165, 1.54) is 16.2 Å². The second-order valence-corrected chi connectivity index (χ2v) is 5.41. The van der Waals surface area contributed by atoms with Crippen molar-refractivity contribution in [2.45, 2.75) is 19.5 Å². The minimum atomic E-state index is -1.10. The van der Waals surface area contributed by atoms with Crippen LogP contribution in [0, 0.1) is 6.92 Å². The van der Waals surface area contributed by atoms with Crippen molar-refractivity contribution in [3.05, 3.63) is 34.0 Å². The molecule has 2 rings (SSSR count). The molecule has 0 aromatic carbocycles. The van der Waals surface area contributed by atoms with Gasteiger partial charge in [0.15, 0.2) is 11.9 Å². The number of carboxylic acid groups (broad SMARTS) is 1. The lowest BCUT2D eigenvalue weighted by atomic mass is 10.2. The summed E-state index contributed by atoms with van der Waals surface area (Å²) in [5.74, 6) is 0.0156. The fourth-order valence-electron chi connectivity index (χ4n) is 1.69. The van der Waals surface area contributed by atoms with Gasteiger partial charge in [-0.3, -0.25) is 5.10 Å². The summed E-state index contributed by atoms with van der Waals surface area (Å²) >= 11 is 1.28. The standard InChI is InChI=1S/C12H15N5O3S/c1-7-13-9(16-15-7)6-17(2)12(20)14-10(11(18)19)8-4-3-5-21-8/h3-5,10H,6H2,1-2H3,(H,14,20)(H,18,19)(H,13,15,16). The number of thiophene rings is 1. The van der Waals surface area contributed by atoms with Crippen LogP contribution in [0.15, 0.2) is 17.5 Å². The lowest BCUT2D eigenvalue weighted by Crippen LogP contribution is -2.41. The molecule has 112 valence electrons. The van der Waals surface area contributed by atoms with Crippen molar-refractivity contribution >= 4 is 23.3 Å². The van der Waals surface area contributed by atoms with Crippen molar-refractivity contribution < 1.29 is 14.7 Å². The summed E-state index contributed by atoms with van der Waals surface area (Å²) in [6.45, 7) is 1.95. The first-order chi connectivity index (χ1) is 9.97. The molecule has 0 radical (unpaired) electrons. The number of hydrogen-bond donors (Lipinski definition) is 3. The van der Waals surface area contributed by atoms with E-state index in [-0.39, 0.29) is 6.54 Å². The molecule has 2 aromatic heterocycles. The number of H-pyrrole nitrogens is 1. The van der Waals surface area contributed by atoms with Gasteiger partial charge in [0.05, 0.1) is 6.54 Å². The SMILES string of the molecule is Cc1nc(CN(C)C(=O)NC(C(=O)O)c2cccs2)n[nH]1. The molecule has 1 atom stereocenters. The average Bonchev–Trinajstić information content (AvgIpc) is 3.07. The third-order valence-corrected chi connectivity index (χ3v) is 3.65. The summed E-state index contributed by atoms with van der Waals surface area (Å²) < 4.78 is 0. The first kappa shape index (κ1) is 15.0. The van der Waals surface area contributed by atoms with Gasteiger partial charge >= 0.3 is 12.0 Å². The molecule has 8 nitrogen and oxygen atoms in total. The summed E-state index contributed by atoms with van der Waals surface area (Å²) in [5, 5.41) is 20.1. The second kappa shape index (κ2) is 6.35. The van der Waals surface area contributed by atoms with E-state index in [0.29, 0.717) is 16.5 Å². The van der Waals surface area contributed by atoms with Gasteiger partial charge in [-0.25, -0.2) is 14.6 Å². The number of nitrogens with zero attached hydrogens (tertiary/aromatic N) is 3. The number of aryl methyl sites for hydroxylation is 1. The topological polar surface area (TPSA) is 111 Å². The van der Waals surface area contributed by atoms with Gasteiger partial charge in [-0.1, -0.05) is 6.07 Å². The van der Waals surface area contributed by atoms with Gasteiger partial charge < -0.3 is 15.3 Å². The quantitative estimate of drug-likeness (QED) is 0.767. The number of amides is 2. The Balaban J connectivity index is 2.00. The third kappa shape index (κ3) is 3.78. The highest BCUT2D eigenvalue weighted by atomic mass is 32.1. The monoisotopic (exact) mass is 309 g/mol. The van der Waals surface area contributed by atoms with Crippen molar-refractivity contribution in [2.75, 3.05) is 7.05 Å². The highest BCUT2D eigenvalue weighted by Crippen LogP contribution is 2.19. The van der Waals surface area contributed by atoms with Crippen LogP contribution in [0.3, 0.4) is 0 Å². The fourth-order valence-corrected chi connectivity index (χ4v) is 2.45. The average molecular weight is 309 g/mol. The van der Waals surface area contributed by atoms with Crippen LogP contribution in [0.1, 0.15) is 22.6 Å². The molecule has 0 fully saturated rings. The summed E-state index contributed by atoms with van der Waals surface area (Å²) in [6.07, 6.45) is 0. The van der Waals surface area contributed by atoms with Gasteiger partial charge in [-0.15, -0.1) is 11.3 Å². The number of aliphatic carboxylic acids is 1. The number of nitrogens with one attached hydrogen (secondary N) is 2. The molecular weight excluding hydrogens is 294 g/mol. The van der Waals surface area contributed by atoms with Crippen molar-refractivity contribution in [1.82, 2.24) is 25.4 Å². The number of urea groups is 1. The first-order valence-corrected chi connectivity index (χ1v) is 7.01. The lowest BCUT2D eigenvalue weighted by Gasteiger charge is -2.19. The Morgan fingerprint density at radius 1 is 1.57 bits per heavy atom. The van der Waals surface area contributed by atoms with E-state index >= 15 is 0 Å². The number of rotatable bonds is 5. The maximum atomic E-state index is 12.1. The Hall–Kier alpha value is -2.42. The zero-order chi connectivity index (χ0) is 15.4. The molecule has 0 bridgehead atoms. The van der Waals surface area contributed by atoms with Gasteiger partial charge in [0.2, 0.25) is 0 Å². The number of aromatic amines is 1. The Morgan fingerprint density at radius 3 is 2.86 bits per heavy atom. The third-order valence-electron chi connectivity index (χ3n) is 2.71.